The molecule has 102 valence electrons. The molecule has 1 aromatic carbocycles. The maximum Gasteiger partial charge on any atom is 0.160 e. The molecule has 0 amide bonds. The number of aryl methyl sites for hydroxylation is 1. The van der Waals surface area contributed by atoms with E-state index in [9.17, 15) is 0 Å². The minimum absolute atomic E-state index is 0.650. The van der Waals surface area contributed by atoms with E-state index in [0.717, 1.165) is 35.5 Å². The number of benzene rings is 1. The monoisotopic (exact) mass is 286 g/mol. The van der Waals surface area contributed by atoms with Crippen LogP contribution in [0.2, 0.25) is 5.02 Å². The van der Waals surface area contributed by atoms with E-state index in [2.05, 4.69) is 21.5 Å². The van der Waals surface area contributed by atoms with Crippen LogP contribution in [0.15, 0.2) is 36.5 Å². The van der Waals surface area contributed by atoms with Crippen molar-refractivity contribution in [3.05, 3.63) is 41.6 Å². The zero-order valence-corrected chi connectivity index (χ0v) is 11.9. The Morgan fingerprint density at radius 3 is 2.95 bits per heavy atom. The normalized spacial score (nSPS) is 11.1. The van der Waals surface area contributed by atoms with Crippen LogP contribution < -0.4 is 5.73 Å². The van der Waals surface area contributed by atoms with Crippen molar-refractivity contribution in [2.24, 2.45) is 0 Å². The molecule has 3 rings (SSSR count). The zero-order valence-electron chi connectivity index (χ0n) is 11.2. The molecule has 0 atom stereocenters. The van der Waals surface area contributed by atoms with Crippen molar-refractivity contribution < 1.29 is 0 Å². The number of halogens is 1. The molecule has 0 bridgehead atoms. The summed E-state index contributed by atoms with van der Waals surface area (Å²) in [7, 11) is 0. The summed E-state index contributed by atoms with van der Waals surface area (Å²) in [5.41, 5.74) is 9.34. The first-order valence-corrected chi connectivity index (χ1v) is 6.95. The smallest absolute Gasteiger partial charge is 0.160 e. The Bertz CT molecular complexity index is 764. The molecule has 0 saturated carbocycles. The Balaban J connectivity index is 2.29. The van der Waals surface area contributed by atoms with E-state index < -0.39 is 0 Å². The maximum atomic E-state index is 6.09. The highest BCUT2D eigenvalue weighted by molar-refractivity contribution is 6.31. The summed E-state index contributed by atoms with van der Waals surface area (Å²) < 4.78 is 2.09. The highest BCUT2D eigenvalue weighted by atomic mass is 35.5. The van der Waals surface area contributed by atoms with Crippen molar-refractivity contribution in [1.82, 2.24) is 14.5 Å². The van der Waals surface area contributed by atoms with Crippen LogP contribution in [0, 0.1) is 0 Å². The summed E-state index contributed by atoms with van der Waals surface area (Å²) in [6.07, 6.45) is 2.77. The highest BCUT2D eigenvalue weighted by Gasteiger charge is 2.15. The van der Waals surface area contributed by atoms with Crippen molar-refractivity contribution in [1.29, 1.82) is 0 Å². The molecule has 0 spiro atoms. The fraction of sp³-hybridized carbons (Fsp3) is 0.200. The first-order valence-electron chi connectivity index (χ1n) is 6.57. The van der Waals surface area contributed by atoms with E-state index in [4.69, 9.17) is 17.3 Å². The number of anilines is 1. The molecule has 20 heavy (non-hydrogen) atoms. The Kier molecular flexibility index (Phi) is 3.32. The molecule has 3 aromatic rings. The number of nitrogens with two attached hydrogens (primary N) is 1. The Hall–Kier alpha value is -2.07. The van der Waals surface area contributed by atoms with Gasteiger partial charge < -0.3 is 10.3 Å². The number of pyridine rings is 1. The summed E-state index contributed by atoms with van der Waals surface area (Å²) in [4.78, 5) is 9.09. The number of fused-ring (bicyclic) bond motifs is 1. The van der Waals surface area contributed by atoms with E-state index in [1.165, 1.54) is 0 Å². The van der Waals surface area contributed by atoms with Gasteiger partial charge in [-0.05, 0) is 36.8 Å². The second-order valence-corrected chi connectivity index (χ2v) is 5.10. The van der Waals surface area contributed by atoms with Gasteiger partial charge in [-0.15, -0.1) is 0 Å². The molecular weight excluding hydrogens is 272 g/mol. The van der Waals surface area contributed by atoms with E-state index in [1.807, 2.05) is 18.2 Å². The quantitative estimate of drug-likeness (QED) is 0.746. The lowest BCUT2D eigenvalue weighted by atomic mass is 10.1. The van der Waals surface area contributed by atoms with Crippen molar-refractivity contribution in [2.75, 3.05) is 5.73 Å². The molecule has 5 heteroatoms. The maximum absolute atomic E-state index is 6.09. The Morgan fingerprint density at radius 1 is 1.30 bits per heavy atom. The van der Waals surface area contributed by atoms with Crippen LogP contribution in [0.4, 0.5) is 5.69 Å². The van der Waals surface area contributed by atoms with Gasteiger partial charge in [-0.1, -0.05) is 18.5 Å². The van der Waals surface area contributed by atoms with Crippen molar-refractivity contribution in [3.63, 3.8) is 0 Å². The number of nitrogen functional groups attached to an aromatic ring is 1. The third-order valence-corrected chi connectivity index (χ3v) is 3.44. The summed E-state index contributed by atoms with van der Waals surface area (Å²) in [5, 5.41) is 0.650. The second kappa shape index (κ2) is 5.13. The van der Waals surface area contributed by atoms with Gasteiger partial charge in [-0.3, -0.25) is 0 Å². The minimum Gasteiger partial charge on any atom is -0.398 e. The first-order chi connectivity index (χ1) is 9.70. The third-order valence-electron chi connectivity index (χ3n) is 3.21. The fourth-order valence-corrected chi connectivity index (χ4v) is 2.49. The molecule has 0 radical (unpaired) electrons. The van der Waals surface area contributed by atoms with Crippen LogP contribution in [0.1, 0.15) is 13.3 Å². The second-order valence-electron chi connectivity index (χ2n) is 4.66. The molecule has 4 nitrogen and oxygen atoms in total. The van der Waals surface area contributed by atoms with Gasteiger partial charge in [0.25, 0.3) is 0 Å². The number of hydrogen-bond donors (Lipinski definition) is 1. The van der Waals surface area contributed by atoms with E-state index in [1.54, 1.807) is 18.3 Å². The van der Waals surface area contributed by atoms with E-state index in [-0.39, 0.29) is 0 Å². The average molecular weight is 287 g/mol. The van der Waals surface area contributed by atoms with Gasteiger partial charge in [0.05, 0.1) is 0 Å². The number of hydrogen-bond acceptors (Lipinski definition) is 3. The molecule has 0 unspecified atom stereocenters. The average Bonchev–Trinajstić information content (AvgIpc) is 2.81. The predicted octanol–water partition coefficient (Wildman–Crippen LogP) is 3.74. The molecule has 0 aliphatic rings. The molecule has 2 aromatic heterocycles. The Morgan fingerprint density at radius 2 is 2.15 bits per heavy atom. The number of aromatic nitrogens is 3. The lowest BCUT2D eigenvalue weighted by Gasteiger charge is -2.09. The molecule has 2 heterocycles. The highest BCUT2D eigenvalue weighted by Crippen LogP contribution is 2.30. The number of imidazole rings is 1. The van der Waals surface area contributed by atoms with E-state index >= 15 is 0 Å². The Labute approximate surface area is 122 Å². The lowest BCUT2D eigenvalue weighted by Crippen LogP contribution is -2.02. The van der Waals surface area contributed by atoms with Gasteiger partial charge in [-0.2, -0.15) is 0 Å². The molecule has 0 aliphatic carbocycles. The van der Waals surface area contributed by atoms with E-state index in [0.29, 0.717) is 10.7 Å². The molecule has 0 saturated heterocycles. The topological polar surface area (TPSA) is 56.7 Å². The fourth-order valence-electron chi connectivity index (χ4n) is 2.32. The van der Waals surface area contributed by atoms with Gasteiger partial charge in [0, 0.05) is 29.0 Å². The minimum atomic E-state index is 0.650. The van der Waals surface area contributed by atoms with Gasteiger partial charge >= 0.3 is 0 Å². The van der Waals surface area contributed by atoms with Crippen molar-refractivity contribution in [3.8, 4) is 11.4 Å². The zero-order chi connectivity index (χ0) is 14.1. The number of rotatable bonds is 3. The first kappa shape index (κ1) is 12.9. The van der Waals surface area contributed by atoms with Crippen LogP contribution >= 0.6 is 11.6 Å². The van der Waals surface area contributed by atoms with Gasteiger partial charge in [-0.25, -0.2) is 9.97 Å². The largest absolute Gasteiger partial charge is 0.398 e. The summed E-state index contributed by atoms with van der Waals surface area (Å²) in [5.74, 6) is 0.820. The molecule has 2 N–H and O–H groups in total. The van der Waals surface area contributed by atoms with Gasteiger partial charge in [0.15, 0.2) is 5.65 Å². The van der Waals surface area contributed by atoms with Gasteiger partial charge in [0.2, 0.25) is 0 Å². The number of nitrogens with zero attached hydrogens (tertiary/aromatic N) is 3. The summed E-state index contributed by atoms with van der Waals surface area (Å²) >= 11 is 6.09. The van der Waals surface area contributed by atoms with Crippen molar-refractivity contribution >= 4 is 28.5 Å². The molecular formula is C15H15ClN4. The van der Waals surface area contributed by atoms with Crippen molar-refractivity contribution in [2.45, 2.75) is 19.9 Å². The van der Waals surface area contributed by atoms with Gasteiger partial charge in [0.1, 0.15) is 11.3 Å². The van der Waals surface area contributed by atoms with Crippen LogP contribution in [0.5, 0.6) is 0 Å². The third kappa shape index (κ3) is 2.12. The molecule has 0 fully saturated rings. The summed E-state index contributed by atoms with van der Waals surface area (Å²) in [6.45, 7) is 2.97. The lowest BCUT2D eigenvalue weighted by molar-refractivity contribution is 0.698. The standard InChI is InChI=1S/C15H15ClN4/c1-2-8-20-14(11-9-10(16)5-6-12(11)17)19-13-4-3-7-18-15(13)20/h3-7,9H,2,8,17H2,1H3. The predicted molar refractivity (Wildman–Crippen MR) is 82.7 cm³/mol. The van der Waals surface area contributed by atoms with Crippen LogP contribution in [0.25, 0.3) is 22.6 Å². The molecule has 0 aliphatic heterocycles. The summed E-state index contributed by atoms with van der Waals surface area (Å²) in [6, 6.07) is 9.28. The van der Waals surface area contributed by atoms with Crippen LogP contribution in [-0.2, 0) is 6.54 Å². The van der Waals surface area contributed by atoms with Crippen LogP contribution in [0.3, 0.4) is 0 Å². The SMILES string of the molecule is CCCn1c(-c2cc(Cl)ccc2N)nc2cccnc21. The van der Waals surface area contributed by atoms with Crippen LogP contribution in [-0.4, -0.2) is 14.5 Å².